The number of aromatic nitrogens is 2. The van der Waals surface area contributed by atoms with E-state index in [0.717, 1.165) is 37.7 Å². The molecule has 130 valence electrons. The summed E-state index contributed by atoms with van der Waals surface area (Å²) in [6, 6.07) is 5.33. The van der Waals surface area contributed by atoms with Gasteiger partial charge in [-0.05, 0) is 43.4 Å². The predicted molar refractivity (Wildman–Crippen MR) is 95.8 cm³/mol. The lowest BCUT2D eigenvalue weighted by atomic mass is 9.89. The molecule has 1 spiro atoms. The third kappa shape index (κ3) is 2.70. The molecule has 1 saturated carbocycles. The van der Waals surface area contributed by atoms with Crippen LogP contribution in [-0.4, -0.2) is 15.5 Å². The number of anilines is 1. The Hall–Kier alpha value is -2.34. The highest BCUT2D eigenvalue weighted by Gasteiger charge is 2.45. The molecule has 6 nitrogen and oxygen atoms in total. The van der Waals surface area contributed by atoms with E-state index >= 15 is 0 Å². The molecule has 3 heterocycles. The molecule has 0 saturated heterocycles. The first kappa shape index (κ1) is 16.1. The maximum absolute atomic E-state index is 13.1. The van der Waals surface area contributed by atoms with Gasteiger partial charge in [-0.25, -0.2) is 0 Å². The molecule has 1 aliphatic carbocycles. The molecular formula is C18H19ClN4O2. The van der Waals surface area contributed by atoms with Crippen molar-refractivity contribution >= 4 is 23.2 Å². The summed E-state index contributed by atoms with van der Waals surface area (Å²) in [5.41, 5.74) is 0.811. The highest BCUT2D eigenvalue weighted by Crippen LogP contribution is 2.38. The van der Waals surface area contributed by atoms with Crippen LogP contribution in [-0.2, 0) is 12.2 Å². The van der Waals surface area contributed by atoms with Crippen LogP contribution in [0.1, 0.15) is 48.2 Å². The second-order valence-corrected chi connectivity index (χ2v) is 7.06. The third-order valence-electron chi connectivity index (χ3n) is 5.03. The Balaban J connectivity index is 1.74. The maximum Gasteiger partial charge on any atom is 0.276 e. The highest BCUT2D eigenvalue weighted by molar-refractivity contribution is 6.34. The van der Waals surface area contributed by atoms with Crippen molar-refractivity contribution in [2.24, 2.45) is 0 Å². The second-order valence-electron chi connectivity index (χ2n) is 6.66. The van der Waals surface area contributed by atoms with Crippen molar-refractivity contribution < 1.29 is 4.79 Å². The molecule has 1 fully saturated rings. The smallest absolute Gasteiger partial charge is 0.276 e. The summed E-state index contributed by atoms with van der Waals surface area (Å²) in [6.07, 6.45) is 8.05. The van der Waals surface area contributed by atoms with Crippen molar-refractivity contribution in [3.8, 4) is 0 Å². The van der Waals surface area contributed by atoms with Crippen LogP contribution in [0, 0.1) is 0 Å². The quantitative estimate of drug-likeness (QED) is 0.884. The molecule has 1 aliphatic heterocycles. The van der Waals surface area contributed by atoms with Crippen molar-refractivity contribution in [2.75, 3.05) is 5.32 Å². The van der Waals surface area contributed by atoms with Gasteiger partial charge in [-0.1, -0.05) is 24.1 Å². The van der Waals surface area contributed by atoms with Crippen molar-refractivity contribution in [2.45, 2.75) is 44.3 Å². The first-order valence-electron chi connectivity index (χ1n) is 8.52. The van der Waals surface area contributed by atoms with Gasteiger partial charge >= 0.3 is 0 Å². The van der Waals surface area contributed by atoms with E-state index in [1.807, 2.05) is 12.1 Å². The molecule has 0 radical (unpaired) electrons. The number of nitrogens with one attached hydrogen (secondary N) is 2. The number of nitrogens with zero attached hydrogens (tertiary/aromatic N) is 2. The lowest BCUT2D eigenvalue weighted by molar-refractivity contribution is 0.0877. The first-order valence-corrected chi connectivity index (χ1v) is 8.90. The van der Waals surface area contributed by atoms with Gasteiger partial charge in [0.05, 0.1) is 5.02 Å². The average Bonchev–Trinajstić information content (AvgIpc) is 2.91. The summed E-state index contributed by atoms with van der Waals surface area (Å²) >= 11 is 6.35. The summed E-state index contributed by atoms with van der Waals surface area (Å²) in [4.78, 5) is 29.6. The standard InChI is InChI=1S/C18H19ClN4O2/c19-13-9-14(21-11-12-5-4-8-20-10-12)17(25)23-15(13)16(24)22-18(23)6-2-1-3-7-18/h4-5,8-10,21H,1-3,6-7,11H2,(H,22,24). The van der Waals surface area contributed by atoms with E-state index in [1.165, 1.54) is 0 Å². The lowest BCUT2D eigenvalue weighted by Crippen LogP contribution is -2.48. The molecule has 2 aromatic rings. The Morgan fingerprint density at radius 1 is 1.28 bits per heavy atom. The van der Waals surface area contributed by atoms with Gasteiger partial charge in [0.15, 0.2) is 0 Å². The fourth-order valence-corrected chi connectivity index (χ4v) is 4.12. The van der Waals surface area contributed by atoms with Crippen LogP contribution < -0.4 is 16.2 Å². The van der Waals surface area contributed by atoms with Gasteiger partial charge in [-0.2, -0.15) is 0 Å². The van der Waals surface area contributed by atoms with E-state index < -0.39 is 5.66 Å². The number of hydrogen-bond acceptors (Lipinski definition) is 4. The molecule has 0 atom stereocenters. The van der Waals surface area contributed by atoms with Crippen LogP contribution in [0.25, 0.3) is 0 Å². The Morgan fingerprint density at radius 2 is 2.08 bits per heavy atom. The number of carbonyl (C=O) groups is 1. The molecule has 0 bridgehead atoms. The summed E-state index contributed by atoms with van der Waals surface area (Å²) in [6.45, 7) is 0.465. The Labute approximate surface area is 150 Å². The molecule has 2 aliphatic rings. The zero-order chi connectivity index (χ0) is 17.4. The fourth-order valence-electron chi connectivity index (χ4n) is 3.84. The van der Waals surface area contributed by atoms with Gasteiger partial charge in [-0.3, -0.25) is 19.1 Å². The van der Waals surface area contributed by atoms with Crippen molar-refractivity contribution in [3.05, 3.63) is 57.2 Å². The zero-order valence-electron chi connectivity index (χ0n) is 13.7. The summed E-state index contributed by atoms with van der Waals surface area (Å²) in [5.74, 6) is -0.261. The molecule has 0 unspecified atom stereocenters. The van der Waals surface area contributed by atoms with Crippen LogP contribution in [0.5, 0.6) is 0 Å². The summed E-state index contributed by atoms with van der Waals surface area (Å²) in [5, 5.41) is 6.46. The monoisotopic (exact) mass is 358 g/mol. The number of hydrogen-bond donors (Lipinski definition) is 2. The number of pyridine rings is 2. The molecule has 25 heavy (non-hydrogen) atoms. The minimum Gasteiger partial charge on any atom is -0.376 e. The van der Waals surface area contributed by atoms with Gasteiger partial charge in [0.1, 0.15) is 17.0 Å². The van der Waals surface area contributed by atoms with Crippen molar-refractivity contribution in [1.29, 1.82) is 0 Å². The fraction of sp³-hybridized carbons (Fsp3) is 0.389. The van der Waals surface area contributed by atoms with Crippen molar-refractivity contribution in [3.63, 3.8) is 0 Å². The predicted octanol–water partition coefficient (Wildman–Crippen LogP) is 2.87. The third-order valence-corrected chi connectivity index (χ3v) is 5.32. The number of fused-ring (bicyclic) bond motifs is 2. The normalized spacial score (nSPS) is 18.0. The minimum absolute atomic E-state index is 0.205. The van der Waals surface area contributed by atoms with Crippen LogP contribution in [0.15, 0.2) is 35.4 Å². The Bertz CT molecular complexity index is 873. The molecule has 2 N–H and O–H groups in total. The van der Waals surface area contributed by atoms with Gasteiger partial charge in [0, 0.05) is 18.9 Å². The van der Waals surface area contributed by atoms with Gasteiger partial charge in [-0.15, -0.1) is 0 Å². The minimum atomic E-state index is -0.628. The number of carbonyl (C=O) groups excluding carboxylic acids is 1. The molecule has 1 amide bonds. The van der Waals surface area contributed by atoms with Crippen LogP contribution in [0.2, 0.25) is 5.02 Å². The van der Waals surface area contributed by atoms with E-state index in [1.54, 1.807) is 23.0 Å². The largest absolute Gasteiger partial charge is 0.376 e. The topological polar surface area (TPSA) is 76.0 Å². The van der Waals surface area contributed by atoms with Crippen molar-refractivity contribution in [1.82, 2.24) is 14.9 Å². The first-order chi connectivity index (χ1) is 12.1. The second kappa shape index (κ2) is 6.19. The molecule has 0 aromatic carbocycles. The van der Waals surface area contributed by atoms with Gasteiger partial charge < -0.3 is 10.6 Å². The van der Waals surface area contributed by atoms with Gasteiger partial charge in [0.2, 0.25) is 0 Å². The number of halogens is 1. The summed E-state index contributed by atoms with van der Waals surface area (Å²) in [7, 11) is 0. The van der Waals surface area contributed by atoms with E-state index in [2.05, 4.69) is 15.6 Å². The Kier molecular flexibility index (Phi) is 4.00. The average molecular weight is 359 g/mol. The van der Waals surface area contributed by atoms with E-state index in [-0.39, 0.29) is 17.2 Å². The Morgan fingerprint density at radius 3 is 2.80 bits per heavy atom. The molecule has 2 aromatic heterocycles. The molecule has 7 heteroatoms. The summed E-state index contributed by atoms with van der Waals surface area (Å²) < 4.78 is 1.59. The highest BCUT2D eigenvalue weighted by atomic mass is 35.5. The molecule has 4 rings (SSSR count). The maximum atomic E-state index is 13.1. The zero-order valence-corrected chi connectivity index (χ0v) is 14.5. The van der Waals surface area contributed by atoms with Crippen LogP contribution in [0.3, 0.4) is 0 Å². The van der Waals surface area contributed by atoms with Gasteiger partial charge in [0.25, 0.3) is 11.5 Å². The molecular weight excluding hydrogens is 340 g/mol. The SMILES string of the molecule is O=C1NC2(CCCCC2)n2c1c(Cl)cc(NCc1cccnc1)c2=O. The van der Waals surface area contributed by atoms with E-state index in [4.69, 9.17) is 11.6 Å². The number of amides is 1. The van der Waals surface area contributed by atoms with E-state index in [0.29, 0.717) is 17.3 Å². The van der Waals surface area contributed by atoms with Crippen LogP contribution >= 0.6 is 11.6 Å². The number of rotatable bonds is 3. The lowest BCUT2D eigenvalue weighted by Gasteiger charge is -2.35. The van der Waals surface area contributed by atoms with Crippen LogP contribution in [0.4, 0.5) is 5.69 Å². The van der Waals surface area contributed by atoms with E-state index in [9.17, 15) is 9.59 Å².